The van der Waals surface area contributed by atoms with E-state index in [9.17, 15) is 25.2 Å². The first-order valence-electron chi connectivity index (χ1n) is 9.05. The van der Waals surface area contributed by atoms with Crippen LogP contribution in [-0.2, 0) is 4.79 Å². The molecule has 5 N–H and O–H groups in total. The highest BCUT2D eigenvalue weighted by molar-refractivity contribution is 5.93. The molecular formula is C17H30N2O6. The number of carbonyl (C=O) groups is 1. The third-order valence-corrected chi connectivity index (χ3v) is 6.21. The molecular weight excluding hydrogens is 328 g/mol. The minimum absolute atomic E-state index is 0.304. The van der Waals surface area contributed by atoms with Crippen LogP contribution in [0.15, 0.2) is 0 Å². The minimum Gasteiger partial charge on any atom is -0.394 e. The van der Waals surface area contributed by atoms with E-state index in [-0.39, 0.29) is 0 Å². The molecule has 0 spiro atoms. The topological polar surface area (TPSA) is 125 Å². The average Bonchev–Trinajstić information content (AvgIpc) is 2.56. The van der Waals surface area contributed by atoms with Crippen LogP contribution in [0, 0.1) is 10.8 Å². The first kappa shape index (κ1) is 19.2. The summed E-state index contributed by atoms with van der Waals surface area (Å²) in [5.74, 6) is 0.304. The number of carbonyl (C=O) groups excluding carboxylic acids is 1. The van der Waals surface area contributed by atoms with Crippen LogP contribution in [0.5, 0.6) is 0 Å². The van der Waals surface area contributed by atoms with Crippen molar-refractivity contribution in [3.63, 3.8) is 0 Å². The molecule has 0 aromatic rings. The second-order valence-electron chi connectivity index (χ2n) is 8.37. The molecule has 2 unspecified atom stereocenters. The van der Waals surface area contributed by atoms with Crippen molar-refractivity contribution in [1.82, 2.24) is 9.80 Å². The van der Waals surface area contributed by atoms with Gasteiger partial charge in [0, 0.05) is 26.2 Å². The smallest absolute Gasteiger partial charge is 0.150 e. The summed E-state index contributed by atoms with van der Waals surface area (Å²) >= 11 is 0. The first-order valence-corrected chi connectivity index (χ1v) is 9.05. The molecule has 4 saturated heterocycles. The Kier molecular flexibility index (Phi) is 5.00. The highest BCUT2D eigenvalue weighted by Gasteiger charge is 2.64. The van der Waals surface area contributed by atoms with Crippen molar-refractivity contribution in [2.24, 2.45) is 10.8 Å². The lowest BCUT2D eigenvalue weighted by atomic mass is 9.59. The quantitative estimate of drug-likeness (QED) is 0.346. The predicted octanol–water partition coefficient (Wildman–Crippen LogP) is -2.24. The lowest BCUT2D eigenvalue weighted by Crippen LogP contribution is -2.81. The molecule has 4 aliphatic heterocycles. The van der Waals surface area contributed by atoms with Crippen molar-refractivity contribution >= 4 is 5.78 Å². The monoisotopic (exact) mass is 358 g/mol. The molecule has 25 heavy (non-hydrogen) atoms. The number of aliphatic hydroxyl groups excluding tert-OH is 5. The van der Waals surface area contributed by atoms with Crippen LogP contribution in [0.25, 0.3) is 0 Å². The maximum absolute atomic E-state index is 13.0. The van der Waals surface area contributed by atoms with E-state index in [0.717, 1.165) is 12.8 Å². The zero-order chi connectivity index (χ0) is 18.6. The molecule has 4 fully saturated rings. The van der Waals surface area contributed by atoms with Gasteiger partial charge in [0.05, 0.1) is 23.6 Å². The van der Waals surface area contributed by atoms with Crippen LogP contribution in [0.2, 0.25) is 0 Å². The Bertz CT molecular complexity index is 513. The molecule has 0 saturated carbocycles. The predicted molar refractivity (Wildman–Crippen MR) is 88.5 cm³/mol. The van der Waals surface area contributed by atoms with Gasteiger partial charge in [-0.1, -0.05) is 20.3 Å². The molecule has 4 rings (SSSR count). The van der Waals surface area contributed by atoms with Gasteiger partial charge in [0.25, 0.3) is 0 Å². The molecule has 8 nitrogen and oxygen atoms in total. The van der Waals surface area contributed by atoms with Gasteiger partial charge >= 0.3 is 0 Å². The standard InChI is InChI=1S/C17H30N2O6/c1-3-4-17-8-18-6-16(2,15(17)25)7-19(9-17)14(18)13(24)12(23)11(22)10(21)5-20/h10-14,20-24H,3-9H2,1-2H3/t10-,11-,12-,13-,14?,16?,17?/m1/s1. The minimum atomic E-state index is -1.64. The largest absolute Gasteiger partial charge is 0.394 e. The Hall–Kier alpha value is -0.610. The maximum atomic E-state index is 13.0. The van der Waals surface area contributed by atoms with Crippen LogP contribution >= 0.6 is 0 Å². The third-order valence-electron chi connectivity index (χ3n) is 6.21. The Morgan fingerprint density at radius 1 is 1.08 bits per heavy atom. The van der Waals surface area contributed by atoms with Crippen molar-refractivity contribution in [2.45, 2.75) is 57.3 Å². The second-order valence-corrected chi connectivity index (χ2v) is 8.37. The number of piperidine rings is 2. The van der Waals surface area contributed by atoms with Crippen molar-refractivity contribution in [2.75, 3.05) is 32.8 Å². The van der Waals surface area contributed by atoms with E-state index in [0.29, 0.717) is 32.0 Å². The maximum Gasteiger partial charge on any atom is 0.150 e. The van der Waals surface area contributed by atoms with Gasteiger partial charge in [-0.05, 0) is 6.42 Å². The van der Waals surface area contributed by atoms with E-state index in [2.05, 4.69) is 6.92 Å². The zero-order valence-electron chi connectivity index (χ0n) is 14.9. The third kappa shape index (κ3) is 2.84. The Morgan fingerprint density at radius 3 is 2.12 bits per heavy atom. The van der Waals surface area contributed by atoms with E-state index in [1.807, 2.05) is 16.7 Å². The number of hydrogen-bond donors (Lipinski definition) is 5. The lowest BCUT2D eigenvalue weighted by Gasteiger charge is -2.66. The van der Waals surface area contributed by atoms with Crippen LogP contribution < -0.4 is 0 Å². The molecule has 0 aliphatic carbocycles. The van der Waals surface area contributed by atoms with Gasteiger partial charge in [-0.2, -0.15) is 0 Å². The fourth-order valence-corrected chi connectivity index (χ4v) is 5.31. The number of Topliss-reactive ketones (excluding diaryl/α,β-unsaturated/α-hetero) is 1. The molecule has 6 atom stereocenters. The lowest BCUT2D eigenvalue weighted by molar-refractivity contribution is -0.231. The summed E-state index contributed by atoms with van der Waals surface area (Å²) in [4.78, 5) is 17.0. The number of ketones is 1. The number of aliphatic hydroxyl groups is 5. The average molecular weight is 358 g/mol. The summed E-state index contributed by atoms with van der Waals surface area (Å²) in [7, 11) is 0. The molecule has 0 aromatic carbocycles. The van der Waals surface area contributed by atoms with E-state index < -0.39 is 48.0 Å². The summed E-state index contributed by atoms with van der Waals surface area (Å²) in [6.07, 6.45) is -4.86. The van der Waals surface area contributed by atoms with Gasteiger partial charge in [-0.15, -0.1) is 0 Å². The van der Waals surface area contributed by atoms with Crippen LogP contribution in [0.3, 0.4) is 0 Å². The summed E-state index contributed by atoms with van der Waals surface area (Å²) in [5, 5.41) is 49.3. The Labute approximate surface area is 147 Å². The molecule has 0 aromatic heterocycles. The van der Waals surface area contributed by atoms with E-state index in [4.69, 9.17) is 5.11 Å². The van der Waals surface area contributed by atoms with Gasteiger partial charge in [-0.3, -0.25) is 14.6 Å². The SMILES string of the molecule is CCCC12CN3CC(C)(CN(C1)C3[C@H](O)[C@H](O)[C@H](O)[C@H](O)CO)C2=O. The zero-order valence-corrected chi connectivity index (χ0v) is 14.9. The molecule has 0 amide bonds. The van der Waals surface area contributed by atoms with E-state index in [1.54, 1.807) is 0 Å². The van der Waals surface area contributed by atoms with E-state index >= 15 is 0 Å². The fraction of sp³-hybridized carbons (Fsp3) is 0.941. The summed E-state index contributed by atoms with van der Waals surface area (Å²) in [5.41, 5.74) is -0.902. The normalized spacial score (nSPS) is 44.6. The molecule has 8 heteroatoms. The number of hydrogen-bond acceptors (Lipinski definition) is 8. The van der Waals surface area contributed by atoms with Gasteiger partial charge in [0.15, 0.2) is 0 Å². The molecule has 4 bridgehead atoms. The van der Waals surface area contributed by atoms with Crippen LogP contribution in [0.1, 0.15) is 26.7 Å². The van der Waals surface area contributed by atoms with E-state index in [1.165, 1.54) is 0 Å². The molecule has 4 heterocycles. The summed E-state index contributed by atoms with van der Waals surface area (Å²) in [6, 6.07) is 0. The molecule has 4 aliphatic rings. The number of rotatable bonds is 7. The van der Waals surface area contributed by atoms with Crippen LogP contribution in [0.4, 0.5) is 0 Å². The first-order chi connectivity index (χ1) is 11.7. The molecule has 144 valence electrons. The molecule has 0 radical (unpaired) electrons. The van der Waals surface area contributed by atoms with Gasteiger partial charge < -0.3 is 25.5 Å². The summed E-state index contributed by atoms with van der Waals surface area (Å²) < 4.78 is 0. The highest BCUT2D eigenvalue weighted by atomic mass is 16.4. The van der Waals surface area contributed by atoms with Crippen molar-refractivity contribution in [1.29, 1.82) is 0 Å². The van der Waals surface area contributed by atoms with Gasteiger partial charge in [0.2, 0.25) is 0 Å². The van der Waals surface area contributed by atoms with Gasteiger partial charge in [0.1, 0.15) is 30.2 Å². The van der Waals surface area contributed by atoms with Crippen LogP contribution in [-0.4, -0.2) is 104 Å². The second kappa shape index (κ2) is 6.53. The van der Waals surface area contributed by atoms with Gasteiger partial charge in [-0.25, -0.2) is 0 Å². The highest BCUT2D eigenvalue weighted by Crippen LogP contribution is 2.50. The van der Waals surface area contributed by atoms with Crippen molar-refractivity contribution in [3.05, 3.63) is 0 Å². The Morgan fingerprint density at radius 2 is 1.64 bits per heavy atom. The summed E-state index contributed by atoms with van der Waals surface area (Å²) in [6.45, 7) is 5.43. The fourth-order valence-electron chi connectivity index (χ4n) is 5.31. The van der Waals surface area contributed by atoms with Crippen molar-refractivity contribution < 1.29 is 30.3 Å². The number of nitrogens with zero attached hydrogens (tertiary/aromatic N) is 2. The van der Waals surface area contributed by atoms with Crippen molar-refractivity contribution in [3.8, 4) is 0 Å². The Balaban J connectivity index is 1.82.